The summed E-state index contributed by atoms with van der Waals surface area (Å²) in [4.78, 5) is 14.3. The van der Waals surface area contributed by atoms with Crippen LogP contribution in [-0.2, 0) is 0 Å². The second kappa shape index (κ2) is 8.43. The largest absolute Gasteiger partial charge is 0.493 e. The first-order valence-electron chi connectivity index (χ1n) is 9.32. The fourth-order valence-corrected chi connectivity index (χ4v) is 3.68. The summed E-state index contributed by atoms with van der Waals surface area (Å²) in [5.41, 5.74) is 1.08. The van der Waals surface area contributed by atoms with E-state index >= 15 is 0 Å². The lowest BCUT2D eigenvalue weighted by Crippen LogP contribution is -2.52. The Balaban J connectivity index is 1.82. The average Bonchev–Trinajstić information content (AvgIpc) is 3.15. The number of rotatable bonds is 5. The minimum absolute atomic E-state index is 0.00265. The average molecular weight is 347 g/mol. The van der Waals surface area contributed by atoms with Crippen LogP contribution in [0.2, 0.25) is 0 Å². The number of amides is 2. The van der Waals surface area contributed by atoms with Gasteiger partial charge in [0.05, 0.1) is 19.3 Å². The van der Waals surface area contributed by atoms with Crippen LogP contribution >= 0.6 is 0 Å². The standard InChI is InChI=1S/C19H29N3O3/c1-3-21-19(23)22-11-10-20-13-16(22)14-8-9-17(24-2)18(12-14)25-15-6-4-5-7-15/h8-9,12,15-16,20H,3-7,10-11,13H2,1-2H3,(H,21,23). The lowest BCUT2D eigenvalue weighted by molar-refractivity contribution is 0.158. The van der Waals surface area contributed by atoms with Gasteiger partial charge in [-0.05, 0) is 50.3 Å². The van der Waals surface area contributed by atoms with Gasteiger partial charge in [-0.2, -0.15) is 0 Å². The van der Waals surface area contributed by atoms with E-state index in [1.165, 1.54) is 12.8 Å². The molecule has 6 nitrogen and oxygen atoms in total. The summed E-state index contributed by atoms with van der Waals surface area (Å²) in [6.07, 6.45) is 4.93. The van der Waals surface area contributed by atoms with Gasteiger partial charge in [0.25, 0.3) is 0 Å². The summed E-state index contributed by atoms with van der Waals surface area (Å²) in [6.45, 7) is 4.83. The van der Waals surface area contributed by atoms with Gasteiger partial charge < -0.3 is 25.0 Å². The predicted molar refractivity (Wildman–Crippen MR) is 97.3 cm³/mol. The fraction of sp³-hybridized carbons (Fsp3) is 0.632. The van der Waals surface area contributed by atoms with Gasteiger partial charge in [0.1, 0.15) is 0 Å². The molecule has 6 heteroatoms. The molecule has 1 aromatic carbocycles. The van der Waals surface area contributed by atoms with E-state index in [1.807, 2.05) is 30.0 Å². The topological polar surface area (TPSA) is 62.8 Å². The van der Waals surface area contributed by atoms with E-state index in [0.29, 0.717) is 13.1 Å². The fourth-order valence-electron chi connectivity index (χ4n) is 3.68. The Bertz CT molecular complexity index is 587. The Morgan fingerprint density at radius 2 is 2.12 bits per heavy atom. The van der Waals surface area contributed by atoms with Gasteiger partial charge in [0, 0.05) is 26.2 Å². The van der Waals surface area contributed by atoms with Crippen molar-refractivity contribution in [3.8, 4) is 11.5 Å². The minimum atomic E-state index is -0.0110. The van der Waals surface area contributed by atoms with Crippen molar-refractivity contribution in [2.24, 2.45) is 0 Å². The van der Waals surface area contributed by atoms with Crippen molar-refractivity contribution in [2.75, 3.05) is 33.3 Å². The van der Waals surface area contributed by atoms with Crippen molar-refractivity contribution in [1.29, 1.82) is 0 Å². The summed E-state index contributed by atoms with van der Waals surface area (Å²) < 4.78 is 11.7. The molecule has 2 N–H and O–H groups in total. The number of hydrogen-bond donors (Lipinski definition) is 2. The zero-order valence-electron chi connectivity index (χ0n) is 15.2. The third-order valence-corrected chi connectivity index (χ3v) is 5.00. The van der Waals surface area contributed by atoms with Crippen molar-refractivity contribution >= 4 is 6.03 Å². The van der Waals surface area contributed by atoms with E-state index in [9.17, 15) is 4.79 Å². The lowest BCUT2D eigenvalue weighted by atomic mass is 10.0. The summed E-state index contributed by atoms with van der Waals surface area (Å²) in [5.74, 6) is 1.54. The SMILES string of the molecule is CCNC(=O)N1CCNCC1c1ccc(OC)c(OC2CCCC2)c1. The Kier molecular flexibility index (Phi) is 6.02. The van der Waals surface area contributed by atoms with E-state index in [-0.39, 0.29) is 18.2 Å². The number of nitrogens with zero attached hydrogens (tertiary/aromatic N) is 1. The van der Waals surface area contributed by atoms with Crippen molar-refractivity contribution in [3.63, 3.8) is 0 Å². The van der Waals surface area contributed by atoms with Crippen LogP contribution in [0.15, 0.2) is 18.2 Å². The molecule has 2 aliphatic rings. The molecule has 0 radical (unpaired) electrons. The van der Waals surface area contributed by atoms with Crippen LogP contribution in [0.3, 0.4) is 0 Å². The van der Waals surface area contributed by atoms with Crippen LogP contribution in [0.5, 0.6) is 11.5 Å². The molecular weight excluding hydrogens is 318 g/mol. The van der Waals surface area contributed by atoms with E-state index < -0.39 is 0 Å². The Morgan fingerprint density at radius 1 is 1.32 bits per heavy atom. The zero-order chi connectivity index (χ0) is 17.6. The Morgan fingerprint density at radius 3 is 2.84 bits per heavy atom. The molecule has 1 saturated carbocycles. The first-order valence-corrected chi connectivity index (χ1v) is 9.32. The number of benzene rings is 1. The maximum Gasteiger partial charge on any atom is 0.317 e. The molecule has 2 amide bonds. The first kappa shape index (κ1) is 17.9. The number of urea groups is 1. The number of carbonyl (C=O) groups excluding carboxylic acids is 1. The Hall–Kier alpha value is -1.95. The van der Waals surface area contributed by atoms with Gasteiger partial charge in [0.2, 0.25) is 0 Å². The van der Waals surface area contributed by atoms with E-state index in [4.69, 9.17) is 9.47 Å². The smallest absolute Gasteiger partial charge is 0.317 e. The number of methoxy groups -OCH3 is 1. The van der Waals surface area contributed by atoms with Crippen molar-refractivity contribution < 1.29 is 14.3 Å². The van der Waals surface area contributed by atoms with Crippen LogP contribution in [0.25, 0.3) is 0 Å². The summed E-state index contributed by atoms with van der Waals surface area (Å²) in [6, 6.07) is 6.01. The van der Waals surface area contributed by atoms with Gasteiger partial charge in [-0.3, -0.25) is 0 Å². The number of nitrogens with one attached hydrogen (secondary N) is 2. The quantitative estimate of drug-likeness (QED) is 0.860. The van der Waals surface area contributed by atoms with E-state index in [2.05, 4.69) is 10.6 Å². The number of hydrogen-bond acceptors (Lipinski definition) is 4. The molecule has 1 saturated heterocycles. The number of ether oxygens (including phenoxy) is 2. The third-order valence-electron chi connectivity index (χ3n) is 5.00. The maximum atomic E-state index is 12.4. The molecular formula is C19H29N3O3. The van der Waals surface area contributed by atoms with Crippen LogP contribution in [0.1, 0.15) is 44.2 Å². The number of piperazine rings is 1. The van der Waals surface area contributed by atoms with Crippen LogP contribution < -0.4 is 20.1 Å². The summed E-state index contributed by atoms with van der Waals surface area (Å²) in [7, 11) is 1.67. The molecule has 1 unspecified atom stereocenters. The van der Waals surface area contributed by atoms with E-state index in [1.54, 1.807) is 7.11 Å². The van der Waals surface area contributed by atoms with Gasteiger partial charge in [-0.15, -0.1) is 0 Å². The molecule has 1 atom stereocenters. The molecule has 0 bridgehead atoms. The van der Waals surface area contributed by atoms with Crippen LogP contribution in [0, 0.1) is 0 Å². The minimum Gasteiger partial charge on any atom is -0.493 e. The molecule has 1 aliphatic carbocycles. The predicted octanol–water partition coefficient (Wildman–Crippen LogP) is 2.69. The molecule has 0 aromatic heterocycles. The maximum absolute atomic E-state index is 12.4. The molecule has 1 heterocycles. The van der Waals surface area contributed by atoms with Crippen LogP contribution in [-0.4, -0.2) is 50.3 Å². The van der Waals surface area contributed by atoms with Gasteiger partial charge in [0.15, 0.2) is 11.5 Å². The number of carbonyl (C=O) groups is 1. The highest BCUT2D eigenvalue weighted by molar-refractivity contribution is 5.75. The second-order valence-electron chi connectivity index (χ2n) is 6.68. The molecule has 138 valence electrons. The molecule has 25 heavy (non-hydrogen) atoms. The van der Waals surface area contributed by atoms with Crippen LogP contribution in [0.4, 0.5) is 4.79 Å². The van der Waals surface area contributed by atoms with E-state index in [0.717, 1.165) is 43.0 Å². The highest BCUT2D eigenvalue weighted by atomic mass is 16.5. The van der Waals surface area contributed by atoms with Gasteiger partial charge in [-0.25, -0.2) is 4.79 Å². The summed E-state index contributed by atoms with van der Waals surface area (Å²) in [5, 5.41) is 6.30. The second-order valence-corrected chi connectivity index (χ2v) is 6.68. The zero-order valence-corrected chi connectivity index (χ0v) is 15.2. The summed E-state index contributed by atoms with van der Waals surface area (Å²) >= 11 is 0. The monoisotopic (exact) mass is 347 g/mol. The third kappa shape index (κ3) is 4.18. The molecule has 0 spiro atoms. The first-order chi connectivity index (χ1) is 12.2. The lowest BCUT2D eigenvalue weighted by Gasteiger charge is -2.36. The van der Waals surface area contributed by atoms with Crippen molar-refractivity contribution in [3.05, 3.63) is 23.8 Å². The molecule has 1 aromatic rings. The van der Waals surface area contributed by atoms with Crippen molar-refractivity contribution in [1.82, 2.24) is 15.5 Å². The van der Waals surface area contributed by atoms with Gasteiger partial charge in [-0.1, -0.05) is 6.07 Å². The van der Waals surface area contributed by atoms with Gasteiger partial charge >= 0.3 is 6.03 Å². The molecule has 3 rings (SSSR count). The normalized spacial score (nSPS) is 21.2. The van der Waals surface area contributed by atoms with Crippen molar-refractivity contribution in [2.45, 2.75) is 44.8 Å². The molecule has 1 aliphatic heterocycles. The highest BCUT2D eigenvalue weighted by Crippen LogP contribution is 2.35. The molecule has 2 fully saturated rings. The highest BCUT2D eigenvalue weighted by Gasteiger charge is 2.28. The Labute approximate surface area is 149 Å².